The molecule has 0 bridgehead atoms. The SMILES string of the molecule is O=C1CCC(=O)N1c1ccc(S(=O)(=O)Nc2ccc(Cl)cc2Cl)cc1. The summed E-state index contributed by atoms with van der Waals surface area (Å²) in [5.41, 5.74) is 0.538. The normalized spacial score (nSPS) is 14.9. The van der Waals surface area contributed by atoms with Gasteiger partial charge in [0.2, 0.25) is 11.8 Å². The van der Waals surface area contributed by atoms with E-state index in [-0.39, 0.29) is 40.3 Å². The number of nitrogens with one attached hydrogen (secondary N) is 1. The van der Waals surface area contributed by atoms with E-state index in [0.29, 0.717) is 10.7 Å². The minimum Gasteiger partial charge on any atom is -0.278 e. The number of imide groups is 1. The van der Waals surface area contributed by atoms with Crippen LogP contribution in [0.15, 0.2) is 47.4 Å². The molecule has 25 heavy (non-hydrogen) atoms. The Hall–Kier alpha value is -2.09. The van der Waals surface area contributed by atoms with Crippen molar-refractivity contribution in [3.05, 3.63) is 52.5 Å². The highest BCUT2D eigenvalue weighted by Gasteiger charge is 2.30. The molecule has 0 atom stereocenters. The molecule has 3 rings (SSSR count). The van der Waals surface area contributed by atoms with Gasteiger partial charge in [-0.15, -0.1) is 0 Å². The van der Waals surface area contributed by atoms with E-state index in [9.17, 15) is 18.0 Å². The lowest BCUT2D eigenvalue weighted by Gasteiger charge is -2.15. The standard InChI is InChI=1S/C16H12Cl2N2O4S/c17-10-1-6-14(13(18)9-10)19-25(23,24)12-4-2-11(3-5-12)20-15(21)7-8-16(20)22/h1-6,9,19H,7-8H2. The van der Waals surface area contributed by atoms with Gasteiger partial charge in [-0.3, -0.25) is 19.2 Å². The monoisotopic (exact) mass is 398 g/mol. The number of anilines is 2. The molecule has 130 valence electrons. The predicted molar refractivity (Wildman–Crippen MR) is 95.4 cm³/mol. The predicted octanol–water partition coefficient (Wildman–Crippen LogP) is 3.45. The fraction of sp³-hybridized carbons (Fsp3) is 0.125. The zero-order valence-electron chi connectivity index (χ0n) is 12.7. The van der Waals surface area contributed by atoms with E-state index in [4.69, 9.17) is 23.2 Å². The van der Waals surface area contributed by atoms with E-state index in [1.807, 2.05) is 0 Å². The van der Waals surface area contributed by atoms with Crippen LogP contribution in [-0.4, -0.2) is 20.2 Å². The highest BCUT2D eigenvalue weighted by Crippen LogP contribution is 2.29. The van der Waals surface area contributed by atoms with Crippen molar-refractivity contribution in [3.63, 3.8) is 0 Å². The molecule has 1 N–H and O–H groups in total. The summed E-state index contributed by atoms with van der Waals surface area (Å²) in [4.78, 5) is 24.5. The number of benzene rings is 2. The Balaban J connectivity index is 1.85. The molecular weight excluding hydrogens is 387 g/mol. The second-order valence-corrected chi connectivity index (χ2v) is 7.87. The van der Waals surface area contributed by atoms with Crippen LogP contribution in [0, 0.1) is 0 Å². The van der Waals surface area contributed by atoms with Crippen molar-refractivity contribution < 1.29 is 18.0 Å². The Morgan fingerprint density at radius 1 is 0.920 bits per heavy atom. The van der Waals surface area contributed by atoms with Crippen molar-refractivity contribution in [2.45, 2.75) is 17.7 Å². The van der Waals surface area contributed by atoms with Crippen LogP contribution in [0.4, 0.5) is 11.4 Å². The van der Waals surface area contributed by atoms with Crippen LogP contribution in [-0.2, 0) is 19.6 Å². The van der Waals surface area contributed by atoms with Crippen LogP contribution in [0.25, 0.3) is 0 Å². The van der Waals surface area contributed by atoms with Gasteiger partial charge in [0.05, 0.1) is 21.3 Å². The van der Waals surface area contributed by atoms with Crippen molar-refractivity contribution >= 4 is 56.4 Å². The molecule has 1 aliphatic heterocycles. The van der Waals surface area contributed by atoms with Gasteiger partial charge in [0, 0.05) is 17.9 Å². The molecule has 0 aromatic heterocycles. The van der Waals surface area contributed by atoms with Gasteiger partial charge in [0.1, 0.15) is 0 Å². The molecule has 1 heterocycles. The first kappa shape index (κ1) is 17.7. The van der Waals surface area contributed by atoms with E-state index in [1.54, 1.807) is 0 Å². The Morgan fingerprint density at radius 2 is 1.52 bits per heavy atom. The lowest BCUT2D eigenvalue weighted by Crippen LogP contribution is -2.28. The molecular formula is C16H12Cl2N2O4S. The van der Waals surface area contributed by atoms with Crippen LogP contribution in [0.3, 0.4) is 0 Å². The molecule has 0 aliphatic carbocycles. The molecule has 2 aromatic carbocycles. The number of carbonyl (C=O) groups is 2. The summed E-state index contributed by atoms with van der Waals surface area (Å²) in [6, 6.07) is 9.87. The fourth-order valence-electron chi connectivity index (χ4n) is 2.41. The third-order valence-electron chi connectivity index (χ3n) is 3.63. The van der Waals surface area contributed by atoms with E-state index < -0.39 is 10.0 Å². The smallest absolute Gasteiger partial charge is 0.261 e. The number of nitrogens with zero attached hydrogens (tertiary/aromatic N) is 1. The number of carbonyl (C=O) groups excluding carboxylic acids is 2. The van der Waals surface area contributed by atoms with Gasteiger partial charge in [-0.25, -0.2) is 8.42 Å². The number of halogens is 2. The molecule has 6 nitrogen and oxygen atoms in total. The van der Waals surface area contributed by atoms with Gasteiger partial charge in [0.15, 0.2) is 0 Å². The van der Waals surface area contributed by atoms with Crippen LogP contribution < -0.4 is 9.62 Å². The molecule has 9 heteroatoms. The quantitative estimate of drug-likeness (QED) is 0.799. The largest absolute Gasteiger partial charge is 0.278 e. The van der Waals surface area contributed by atoms with Crippen molar-refractivity contribution in [2.75, 3.05) is 9.62 Å². The molecule has 1 fully saturated rings. The van der Waals surface area contributed by atoms with Gasteiger partial charge in [-0.1, -0.05) is 23.2 Å². The lowest BCUT2D eigenvalue weighted by atomic mass is 10.3. The zero-order chi connectivity index (χ0) is 18.2. The molecule has 1 aliphatic rings. The number of sulfonamides is 1. The highest BCUT2D eigenvalue weighted by atomic mass is 35.5. The van der Waals surface area contributed by atoms with Gasteiger partial charge >= 0.3 is 0 Å². The molecule has 0 spiro atoms. The van der Waals surface area contributed by atoms with Crippen LogP contribution in [0.2, 0.25) is 10.0 Å². The Kier molecular flexibility index (Phi) is 4.73. The summed E-state index contributed by atoms with van der Waals surface area (Å²) < 4.78 is 27.3. The van der Waals surface area contributed by atoms with Crippen LogP contribution >= 0.6 is 23.2 Å². The van der Waals surface area contributed by atoms with Crippen molar-refractivity contribution in [1.29, 1.82) is 0 Å². The van der Waals surface area contributed by atoms with Gasteiger partial charge in [-0.2, -0.15) is 0 Å². The van der Waals surface area contributed by atoms with Crippen molar-refractivity contribution in [3.8, 4) is 0 Å². The Morgan fingerprint density at radius 3 is 2.08 bits per heavy atom. The third-order valence-corrected chi connectivity index (χ3v) is 5.56. The molecule has 2 amide bonds. The second kappa shape index (κ2) is 6.67. The number of hydrogen-bond donors (Lipinski definition) is 1. The summed E-state index contributed by atoms with van der Waals surface area (Å²) in [5.74, 6) is -0.599. The minimum absolute atomic E-state index is 0.0265. The first-order valence-electron chi connectivity index (χ1n) is 7.22. The van der Waals surface area contributed by atoms with Gasteiger partial charge < -0.3 is 0 Å². The Bertz CT molecular complexity index is 943. The van der Waals surface area contributed by atoms with Crippen molar-refractivity contribution in [2.24, 2.45) is 0 Å². The maximum atomic E-state index is 12.4. The molecule has 1 saturated heterocycles. The van der Waals surface area contributed by atoms with Crippen LogP contribution in [0.1, 0.15) is 12.8 Å². The average molecular weight is 399 g/mol. The molecule has 0 radical (unpaired) electrons. The summed E-state index contributed by atoms with van der Waals surface area (Å²) >= 11 is 11.8. The maximum absolute atomic E-state index is 12.4. The lowest BCUT2D eigenvalue weighted by molar-refractivity contribution is -0.121. The van der Waals surface area contributed by atoms with Crippen molar-refractivity contribution in [1.82, 2.24) is 0 Å². The zero-order valence-corrected chi connectivity index (χ0v) is 15.0. The Labute approximate surface area is 154 Å². The molecule has 0 saturated carbocycles. The van der Waals surface area contributed by atoms with Gasteiger partial charge in [-0.05, 0) is 42.5 Å². The number of rotatable bonds is 4. The first-order chi connectivity index (χ1) is 11.8. The van der Waals surface area contributed by atoms with E-state index in [0.717, 1.165) is 4.90 Å². The van der Waals surface area contributed by atoms with Gasteiger partial charge in [0.25, 0.3) is 10.0 Å². The second-order valence-electron chi connectivity index (χ2n) is 5.35. The number of hydrogen-bond acceptors (Lipinski definition) is 4. The number of amides is 2. The maximum Gasteiger partial charge on any atom is 0.261 e. The summed E-state index contributed by atoms with van der Waals surface area (Å²) in [6.45, 7) is 0. The summed E-state index contributed by atoms with van der Waals surface area (Å²) in [7, 11) is -3.88. The molecule has 2 aromatic rings. The highest BCUT2D eigenvalue weighted by molar-refractivity contribution is 7.92. The fourth-order valence-corrected chi connectivity index (χ4v) is 4.01. The third kappa shape index (κ3) is 3.63. The van der Waals surface area contributed by atoms with E-state index >= 15 is 0 Å². The summed E-state index contributed by atoms with van der Waals surface area (Å²) in [5, 5.41) is 0.554. The molecule has 0 unspecified atom stereocenters. The minimum atomic E-state index is -3.88. The van der Waals surface area contributed by atoms with E-state index in [1.165, 1.54) is 42.5 Å². The van der Waals surface area contributed by atoms with Crippen LogP contribution in [0.5, 0.6) is 0 Å². The topological polar surface area (TPSA) is 83.6 Å². The first-order valence-corrected chi connectivity index (χ1v) is 9.45. The average Bonchev–Trinajstić information content (AvgIpc) is 2.89. The van der Waals surface area contributed by atoms with E-state index in [2.05, 4.69) is 4.72 Å². The summed E-state index contributed by atoms with van der Waals surface area (Å²) in [6.07, 6.45) is 0.324.